The van der Waals surface area contributed by atoms with Crippen LogP contribution in [0.15, 0.2) is 109 Å². The summed E-state index contributed by atoms with van der Waals surface area (Å²) in [5.41, 5.74) is 4.53. The number of nitrogens with one attached hydrogen (secondary N) is 2. The average molecular weight is 461 g/mol. The largest absolute Gasteiger partial charge is 0.346 e. The third-order valence-electron chi connectivity index (χ3n) is 5.77. The molecule has 0 aliphatic heterocycles. The molecular formula is C29H24N4O2. The standard InChI is InChI=1S/C29H24N4O2/c34-28(31-18-24-12-6-7-16-30-24)22-11-8-13-23(17-22)32-29(35)26-20-33(19-21-9-2-1-3-10-21)27-15-5-4-14-25(26)27/h1-17,20H,18-19H2,(H,31,34)(H,32,35). The van der Waals surface area contributed by atoms with Crippen LogP contribution < -0.4 is 10.6 Å². The van der Waals surface area contributed by atoms with Gasteiger partial charge in [0.05, 0.1) is 17.8 Å². The number of anilines is 1. The number of rotatable bonds is 7. The Morgan fingerprint density at radius 2 is 1.60 bits per heavy atom. The molecule has 5 aromatic rings. The molecule has 35 heavy (non-hydrogen) atoms. The second-order valence-electron chi connectivity index (χ2n) is 8.21. The fourth-order valence-corrected chi connectivity index (χ4v) is 4.05. The molecule has 5 rings (SSSR count). The van der Waals surface area contributed by atoms with Gasteiger partial charge in [0.25, 0.3) is 11.8 Å². The number of fused-ring (bicyclic) bond motifs is 1. The normalized spacial score (nSPS) is 10.7. The molecule has 172 valence electrons. The van der Waals surface area contributed by atoms with E-state index in [1.807, 2.05) is 66.9 Å². The lowest BCUT2D eigenvalue weighted by molar-refractivity contribution is 0.0949. The molecule has 0 spiro atoms. The first kappa shape index (κ1) is 22.1. The van der Waals surface area contributed by atoms with Crippen molar-refractivity contribution in [2.75, 3.05) is 5.32 Å². The molecule has 0 bridgehead atoms. The van der Waals surface area contributed by atoms with Gasteiger partial charge in [-0.3, -0.25) is 14.6 Å². The van der Waals surface area contributed by atoms with Crippen molar-refractivity contribution in [2.24, 2.45) is 0 Å². The molecule has 2 aromatic heterocycles. The number of hydrogen-bond acceptors (Lipinski definition) is 3. The van der Waals surface area contributed by atoms with Crippen molar-refractivity contribution in [1.29, 1.82) is 0 Å². The predicted octanol–water partition coefficient (Wildman–Crippen LogP) is 5.27. The van der Waals surface area contributed by atoms with Crippen LogP contribution in [0.3, 0.4) is 0 Å². The van der Waals surface area contributed by atoms with Crippen LogP contribution >= 0.6 is 0 Å². The van der Waals surface area contributed by atoms with Crippen molar-refractivity contribution in [3.63, 3.8) is 0 Å². The van der Waals surface area contributed by atoms with Crippen LogP contribution in [0.4, 0.5) is 5.69 Å². The van der Waals surface area contributed by atoms with Crippen LogP contribution in [0.2, 0.25) is 0 Å². The van der Waals surface area contributed by atoms with E-state index < -0.39 is 0 Å². The van der Waals surface area contributed by atoms with E-state index in [1.165, 1.54) is 0 Å². The Hall–Kier alpha value is -4.71. The van der Waals surface area contributed by atoms with E-state index in [4.69, 9.17) is 0 Å². The van der Waals surface area contributed by atoms with Gasteiger partial charge in [-0.1, -0.05) is 60.7 Å². The highest BCUT2D eigenvalue weighted by molar-refractivity contribution is 6.13. The summed E-state index contributed by atoms with van der Waals surface area (Å²) in [7, 11) is 0. The lowest BCUT2D eigenvalue weighted by atomic mass is 10.1. The molecule has 0 aliphatic rings. The van der Waals surface area contributed by atoms with E-state index in [9.17, 15) is 9.59 Å². The summed E-state index contributed by atoms with van der Waals surface area (Å²) in [6.45, 7) is 0.998. The number of amides is 2. The molecule has 0 atom stereocenters. The van der Waals surface area contributed by atoms with Gasteiger partial charge in [0, 0.05) is 41.1 Å². The lowest BCUT2D eigenvalue weighted by Crippen LogP contribution is -2.23. The van der Waals surface area contributed by atoms with E-state index in [2.05, 4.69) is 32.3 Å². The molecule has 0 unspecified atom stereocenters. The number of para-hydroxylation sites is 1. The van der Waals surface area contributed by atoms with E-state index >= 15 is 0 Å². The third-order valence-corrected chi connectivity index (χ3v) is 5.77. The fraction of sp³-hybridized carbons (Fsp3) is 0.0690. The smallest absolute Gasteiger partial charge is 0.257 e. The Kier molecular flexibility index (Phi) is 6.35. The third kappa shape index (κ3) is 5.12. The van der Waals surface area contributed by atoms with Gasteiger partial charge < -0.3 is 15.2 Å². The Morgan fingerprint density at radius 1 is 0.800 bits per heavy atom. The minimum absolute atomic E-state index is 0.223. The molecule has 0 radical (unpaired) electrons. The average Bonchev–Trinajstić information content (AvgIpc) is 3.27. The highest BCUT2D eigenvalue weighted by atomic mass is 16.2. The molecule has 3 aromatic carbocycles. The van der Waals surface area contributed by atoms with Gasteiger partial charge in [-0.15, -0.1) is 0 Å². The summed E-state index contributed by atoms with van der Waals surface area (Å²) in [5, 5.41) is 6.69. The number of carbonyl (C=O) groups is 2. The molecule has 0 aliphatic carbocycles. The molecule has 0 saturated heterocycles. The summed E-state index contributed by atoms with van der Waals surface area (Å²) in [6, 6.07) is 30.5. The van der Waals surface area contributed by atoms with Crippen molar-refractivity contribution in [1.82, 2.24) is 14.9 Å². The summed E-state index contributed by atoms with van der Waals surface area (Å²) in [6.07, 6.45) is 3.57. The number of pyridine rings is 1. The zero-order valence-electron chi connectivity index (χ0n) is 19.0. The van der Waals surface area contributed by atoms with Crippen molar-refractivity contribution >= 4 is 28.4 Å². The SMILES string of the molecule is O=C(NCc1ccccn1)c1cccc(NC(=O)c2cn(Cc3ccccc3)c3ccccc23)c1. The van der Waals surface area contributed by atoms with Crippen LogP contribution in [-0.4, -0.2) is 21.4 Å². The van der Waals surface area contributed by atoms with Crippen LogP contribution in [0.25, 0.3) is 10.9 Å². The minimum Gasteiger partial charge on any atom is -0.346 e. The van der Waals surface area contributed by atoms with Crippen LogP contribution in [0.5, 0.6) is 0 Å². The van der Waals surface area contributed by atoms with E-state index in [0.717, 1.165) is 22.2 Å². The molecular weight excluding hydrogens is 436 g/mol. The fourth-order valence-electron chi connectivity index (χ4n) is 4.05. The quantitative estimate of drug-likeness (QED) is 0.348. The van der Waals surface area contributed by atoms with E-state index in [-0.39, 0.29) is 11.8 Å². The number of benzene rings is 3. The monoisotopic (exact) mass is 460 g/mol. The van der Waals surface area contributed by atoms with Crippen LogP contribution in [0.1, 0.15) is 32.0 Å². The number of nitrogens with zero attached hydrogens (tertiary/aromatic N) is 2. The molecule has 0 fully saturated rings. The summed E-state index contributed by atoms with van der Waals surface area (Å²) in [5.74, 6) is -0.453. The topological polar surface area (TPSA) is 76.0 Å². The predicted molar refractivity (Wildman–Crippen MR) is 137 cm³/mol. The van der Waals surface area contributed by atoms with Gasteiger partial charge in [0.15, 0.2) is 0 Å². The molecule has 6 heteroatoms. The zero-order chi connectivity index (χ0) is 24.0. The minimum atomic E-state index is -0.230. The molecule has 6 nitrogen and oxygen atoms in total. The van der Waals surface area contributed by atoms with Gasteiger partial charge >= 0.3 is 0 Å². The number of hydrogen-bond donors (Lipinski definition) is 2. The Morgan fingerprint density at radius 3 is 2.43 bits per heavy atom. The van der Waals surface area contributed by atoms with Gasteiger partial charge in [-0.25, -0.2) is 0 Å². The Bertz CT molecular complexity index is 1480. The molecule has 2 amide bonds. The van der Waals surface area contributed by atoms with Gasteiger partial charge in [-0.05, 0) is 42.0 Å². The maximum absolute atomic E-state index is 13.3. The van der Waals surface area contributed by atoms with Crippen LogP contribution in [0, 0.1) is 0 Å². The second-order valence-corrected chi connectivity index (χ2v) is 8.21. The maximum Gasteiger partial charge on any atom is 0.257 e. The lowest BCUT2D eigenvalue weighted by Gasteiger charge is -2.08. The number of carbonyl (C=O) groups excluding carboxylic acids is 2. The number of aromatic nitrogens is 2. The first-order valence-corrected chi connectivity index (χ1v) is 11.4. The summed E-state index contributed by atoms with van der Waals surface area (Å²) < 4.78 is 2.08. The van der Waals surface area contributed by atoms with Gasteiger partial charge in [0.1, 0.15) is 0 Å². The highest BCUT2D eigenvalue weighted by Crippen LogP contribution is 2.24. The van der Waals surface area contributed by atoms with Crippen molar-refractivity contribution in [3.05, 3.63) is 132 Å². The van der Waals surface area contributed by atoms with Crippen molar-refractivity contribution in [2.45, 2.75) is 13.1 Å². The maximum atomic E-state index is 13.3. The second kappa shape index (κ2) is 10.1. The zero-order valence-corrected chi connectivity index (χ0v) is 19.0. The van der Waals surface area contributed by atoms with E-state index in [0.29, 0.717) is 29.9 Å². The van der Waals surface area contributed by atoms with Crippen LogP contribution in [-0.2, 0) is 13.1 Å². The van der Waals surface area contributed by atoms with E-state index in [1.54, 1.807) is 30.5 Å². The molecule has 0 saturated carbocycles. The van der Waals surface area contributed by atoms with Crippen molar-refractivity contribution in [3.8, 4) is 0 Å². The van der Waals surface area contributed by atoms with Gasteiger partial charge in [-0.2, -0.15) is 0 Å². The first-order valence-electron chi connectivity index (χ1n) is 11.4. The highest BCUT2D eigenvalue weighted by Gasteiger charge is 2.16. The summed E-state index contributed by atoms with van der Waals surface area (Å²) >= 11 is 0. The van der Waals surface area contributed by atoms with Crippen molar-refractivity contribution < 1.29 is 9.59 Å². The Balaban J connectivity index is 1.33. The van der Waals surface area contributed by atoms with Gasteiger partial charge in [0.2, 0.25) is 0 Å². The first-order chi connectivity index (χ1) is 17.2. The summed E-state index contributed by atoms with van der Waals surface area (Å²) in [4.78, 5) is 30.1. The molecule has 2 N–H and O–H groups in total. The Labute approximate surface area is 203 Å². The molecule has 2 heterocycles.